The Labute approximate surface area is 138 Å². The smallest absolute Gasteiger partial charge is 0.279 e. The van der Waals surface area contributed by atoms with Gasteiger partial charge in [0.1, 0.15) is 0 Å². The lowest BCUT2D eigenvalue weighted by Gasteiger charge is -2.17. The molecular weight excluding hydrogens is 290 g/mol. The summed E-state index contributed by atoms with van der Waals surface area (Å²) in [4.78, 5) is 25.0. The lowest BCUT2D eigenvalue weighted by Crippen LogP contribution is -3.11. The third-order valence-electron chi connectivity index (χ3n) is 4.52. The molecule has 1 aromatic carbocycles. The molecule has 0 bridgehead atoms. The van der Waals surface area contributed by atoms with Gasteiger partial charge in [-0.2, -0.15) is 0 Å². The molecule has 3 N–H and O–H groups in total. The largest absolute Gasteiger partial charge is 0.348 e. The molecule has 0 aromatic heterocycles. The van der Waals surface area contributed by atoms with Gasteiger partial charge in [-0.15, -0.1) is 0 Å². The maximum atomic E-state index is 12.1. The number of hydrogen-bond acceptors (Lipinski definition) is 2. The first-order valence-corrected chi connectivity index (χ1v) is 8.33. The fourth-order valence-corrected chi connectivity index (χ4v) is 2.71. The van der Waals surface area contributed by atoms with Gasteiger partial charge in [-0.05, 0) is 56.7 Å². The molecule has 1 aromatic rings. The fourth-order valence-electron chi connectivity index (χ4n) is 2.71. The molecule has 2 amide bonds. The molecule has 0 aliphatic heterocycles. The van der Waals surface area contributed by atoms with Crippen molar-refractivity contribution in [3.05, 3.63) is 29.3 Å². The van der Waals surface area contributed by atoms with Gasteiger partial charge in [-0.25, -0.2) is 0 Å². The molecule has 0 spiro atoms. The Morgan fingerprint density at radius 3 is 2.52 bits per heavy atom. The third kappa shape index (κ3) is 5.36. The van der Waals surface area contributed by atoms with Crippen molar-refractivity contribution in [1.82, 2.24) is 5.32 Å². The van der Waals surface area contributed by atoms with Gasteiger partial charge in [0, 0.05) is 11.7 Å². The summed E-state index contributed by atoms with van der Waals surface area (Å²) >= 11 is 0. The van der Waals surface area contributed by atoms with Crippen molar-refractivity contribution in [2.24, 2.45) is 5.92 Å². The maximum absolute atomic E-state index is 12.1. The van der Waals surface area contributed by atoms with E-state index in [4.69, 9.17) is 0 Å². The Morgan fingerprint density at radius 2 is 1.87 bits per heavy atom. The fraction of sp³-hybridized carbons (Fsp3) is 0.556. The molecule has 2 atom stereocenters. The van der Waals surface area contributed by atoms with Crippen molar-refractivity contribution in [2.45, 2.75) is 39.7 Å². The second kappa shape index (κ2) is 7.59. The molecule has 1 saturated carbocycles. The average molecular weight is 318 g/mol. The average Bonchev–Trinajstić information content (AvgIpc) is 3.27. The van der Waals surface area contributed by atoms with Crippen molar-refractivity contribution in [1.29, 1.82) is 0 Å². The summed E-state index contributed by atoms with van der Waals surface area (Å²) in [7, 11) is 1.87. The zero-order valence-electron chi connectivity index (χ0n) is 14.5. The lowest BCUT2D eigenvalue weighted by atomic mass is 10.1. The Balaban J connectivity index is 1.77. The monoisotopic (exact) mass is 318 g/mol. The van der Waals surface area contributed by atoms with Gasteiger partial charge >= 0.3 is 0 Å². The van der Waals surface area contributed by atoms with Crippen LogP contribution in [0.15, 0.2) is 18.2 Å². The summed E-state index contributed by atoms with van der Waals surface area (Å²) in [5.41, 5.74) is 3.07. The first-order valence-electron chi connectivity index (χ1n) is 8.33. The van der Waals surface area contributed by atoms with E-state index in [2.05, 4.69) is 17.6 Å². The molecule has 1 unspecified atom stereocenters. The van der Waals surface area contributed by atoms with Crippen LogP contribution in [0.2, 0.25) is 0 Å². The number of amides is 2. The molecule has 126 valence electrons. The van der Waals surface area contributed by atoms with Crippen LogP contribution in [0.25, 0.3) is 0 Å². The number of benzene rings is 1. The highest BCUT2D eigenvalue weighted by Crippen LogP contribution is 2.32. The molecule has 0 heterocycles. The molecule has 5 nitrogen and oxygen atoms in total. The summed E-state index contributed by atoms with van der Waals surface area (Å²) in [6.07, 6.45) is 2.42. The Hall–Kier alpha value is -1.88. The van der Waals surface area contributed by atoms with Crippen molar-refractivity contribution in [3.63, 3.8) is 0 Å². The summed E-state index contributed by atoms with van der Waals surface area (Å²) in [6.45, 7) is 6.66. The molecule has 0 saturated heterocycles. The predicted octanol–water partition coefficient (Wildman–Crippen LogP) is 0.671. The number of carbonyl (C=O) groups is 2. The molecule has 1 aliphatic carbocycles. The molecule has 1 fully saturated rings. The van der Waals surface area contributed by atoms with Crippen LogP contribution in [0.5, 0.6) is 0 Å². The second-order valence-electron chi connectivity index (χ2n) is 6.80. The third-order valence-corrected chi connectivity index (χ3v) is 4.52. The molecule has 1 aliphatic rings. The van der Waals surface area contributed by atoms with Crippen LogP contribution in [-0.4, -0.2) is 38.0 Å². The van der Waals surface area contributed by atoms with E-state index in [1.165, 1.54) is 12.8 Å². The minimum Gasteiger partial charge on any atom is -0.348 e. The number of nitrogens with one attached hydrogen (secondary N) is 3. The summed E-state index contributed by atoms with van der Waals surface area (Å²) in [5, 5.41) is 5.95. The van der Waals surface area contributed by atoms with Gasteiger partial charge in [-0.3, -0.25) is 9.59 Å². The Bertz CT molecular complexity index is 582. The van der Waals surface area contributed by atoms with E-state index in [1.54, 1.807) is 0 Å². The van der Waals surface area contributed by atoms with Crippen LogP contribution >= 0.6 is 0 Å². The number of quaternary nitrogens is 1. The minimum absolute atomic E-state index is 0.0152. The van der Waals surface area contributed by atoms with Gasteiger partial charge < -0.3 is 15.5 Å². The second-order valence-corrected chi connectivity index (χ2v) is 6.80. The first-order chi connectivity index (χ1) is 10.9. The molecule has 2 rings (SSSR count). The van der Waals surface area contributed by atoms with Gasteiger partial charge in [-0.1, -0.05) is 12.1 Å². The van der Waals surface area contributed by atoms with Crippen LogP contribution in [0.4, 0.5) is 5.69 Å². The van der Waals surface area contributed by atoms with E-state index in [0.717, 1.165) is 21.7 Å². The van der Waals surface area contributed by atoms with E-state index >= 15 is 0 Å². The van der Waals surface area contributed by atoms with Crippen LogP contribution in [0, 0.1) is 19.8 Å². The quantitative estimate of drug-likeness (QED) is 0.692. The number of likely N-dealkylation sites (N-methyl/N-ethyl adjacent to an activating group) is 1. The number of anilines is 1. The first kappa shape index (κ1) is 17.5. The van der Waals surface area contributed by atoms with E-state index in [-0.39, 0.29) is 24.4 Å². The van der Waals surface area contributed by atoms with E-state index in [0.29, 0.717) is 12.5 Å². The number of rotatable bonds is 7. The summed E-state index contributed by atoms with van der Waals surface area (Å²) < 4.78 is 0. The van der Waals surface area contributed by atoms with Crippen LogP contribution in [-0.2, 0) is 9.59 Å². The van der Waals surface area contributed by atoms with Crippen LogP contribution in [0.1, 0.15) is 30.9 Å². The van der Waals surface area contributed by atoms with Crippen molar-refractivity contribution in [2.75, 3.05) is 25.5 Å². The lowest BCUT2D eigenvalue weighted by molar-refractivity contribution is -0.862. The van der Waals surface area contributed by atoms with Gasteiger partial charge in [0.2, 0.25) is 0 Å². The summed E-state index contributed by atoms with van der Waals surface area (Å²) in [5.74, 6) is 0.590. The Morgan fingerprint density at radius 1 is 1.22 bits per heavy atom. The highest BCUT2D eigenvalue weighted by Gasteiger charge is 2.29. The Kier molecular flexibility index (Phi) is 5.77. The van der Waals surface area contributed by atoms with E-state index in [9.17, 15) is 9.59 Å². The molecule has 5 heteroatoms. The predicted molar refractivity (Wildman–Crippen MR) is 91.5 cm³/mol. The number of hydrogen-bond donors (Lipinski definition) is 3. The van der Waals surface area contributed by atoms with Crippen LogP contribution in [0.3, 0.4) is 0 Å². The van der Waals surface area contributed by atoms with Gasteiger partial charge in [0.05, 0.1) is 7.05 Å². The van der Waals surface area contributed by atoms with Crippen molar-refractivity contribution >= 4 is 17.5 Å². The van der Waals surface area contributed by atoms with Gasteiger partial charge in [0.15, 0.2) is 13.1 Å². The minimum atomic E-state index is -0.0701. The molecule has 0 radical (unpaired) electrons. The standard InChI is InChI=1S/C18H27N3O2/c1-12-6-5-7-16(13(12)2)20-18(23)11-21(4)10-17(22)19-14(3)15-8-9-15/h5-7,14-15H,8-11H2,1-4H3,(H,19,22)(H,20,23)/p+1/t14-/m1/s1. The highest BCUT2D eigenvalue weighted by atomic mass is 16.2. The topological polar surface area (TPSA) is 62.6 Å². The van der Waals surface area contributed by atoms with Crippen molar-refractivity contribution in [3.8, 4) is 0 Å². The van der Waals surface area contributed by atoms with Crippen LogP contribution < -0.4 is 15.5 Å². The number of aryl methyl sites for hydroxylation is 1. The SMILES string of the molecule is Cc1cccc(NC(=O)C[NH+](C)CC(=O)N[C@H](C)C2CC2)c1C. The zero-order chi connectivity index (χ0) is 17.0. The highest BCUT2D eigenvalue weighted by molar-refractivity contribution is 5.92. The number of carbonyl (C=O) groups excluding carboxylic acids is 2. The van der Waals surface area contributed by atoms with E-state index in [1.807, 2.05) is 39.1 Å². The van der Waals surface area contributed by atoms with E-state index < -0.39 is 0 Å². The normalized spacial score (nSPS) is 16.5. The van der Waals surface area contributed by atoms with Gasteiger partial charge in [0.25, 0.3) is 11.8 Å². The summed E-state index contributed by atoms with van der Waals surface area (Å²) in [6, 6.07) is 6.10. The molecule has 23 heavy (non-hydrogen) atoms. The molecular formula is C18H28N3O2+. The van der Waals surface area contributed by atoms with Crippen molar-refractivity contribution < 1.29 is 14.5 Å². The zero-order valence-corrected chi connectivity index (χ0v) is 14.5. The maximum Gasteiger partial charge on any atom is 0.279 e.